The summed E-state index contributed by atoms with van der Waals surface area (Å²) in [5.41, 5.74) is 2.48. The van der Waals surface area contributed by atoms with E-state index in [0.717, 1.165) is 17.1 Å². The minimum atomic E-state index is -0.226. The molecule has 0 fully saturated rings. The third-order valence-corrected chi connectivity index (χ3v) is 3.98. The van der Waals surface area contributed by atoms with Gasteiger partial charge in [0.05, 0.1) is 13.2 Å². The number of hydrogen-bond donors (Lipinski definition) is 1. The number of nitrogens with zero attached hydrogens (tertiary/aromatic N) is 3. The molecule has 0 unspecified atom stereocenters. The summed E-state index contributed by atoms with van der Waals surface area (Å²) in [6.07, 6.45) is 0.671. The lowest BCUT2D eigenvalue weighted by Gasteiger charge is -2.12. The van der Waals surface area contributed by atoms with Gasteiger partial charge >= 0.3 is 0 Å². The highest BCUT2D eigenvalue weighted by Gasteiger charge is 2.09. The van der Waals surface area contributed by atoms with E-state index in [1.54, 1.807) is 0 Å². The first-order chi connectivity index (χ1) is 13.7. The third-order valence-electron chi connectivity index (χ3n) is 3.98. The zero-order valence-electron chi connectivity index (χ0n) is 16.1. The van der Waals surface area contributed by atoms with Gasteiger partial charge in [-0.25, -0.2) is 0 Å². The highest BCUT2D eigenvalue weighted by Crippen LogP contribution is 2.28. The Labute approximate surface area is 163 Å². The monoisotopic (exact) mass is 384 g/mol. The van der Waals surface area contributed by atoms with Crippen molar-refractivity contribution >= 4 is 16.9 Å². The summed E-state index contributed by atoms with van der Waals surface area (Å²) in [7, 11) is 0. The number of nitrogens with one attached hydrogen (secondary N) is 1. The molecule has 1 aromatic heterocycles. The highest BCUT2D eigenvalue weighted by atomic mass is 16.7. The van der Waals surface area contributed by atoms with Crippen molar-refractivity contribution in [2.24, 2.45) is 0 Å². The SMILES string of the molecule is CCOc1ccc(CCNC(=O)COn2nnc3ccccc32)cc1OCC. The molecule has 1 N–H and O–H groups in total. The summed E-state index contributed by atoms with van der Waals surface area (Å²) in [5.74, 6) is 1.22. The van der Waals surface area contributed by atoms with Crippen molar-refractivity contribution in [3.8, 4) is 11.5 Å². The van der Waals surface area contributed by atoms with E-state index >= 15 is 0 Å². The van der Waals surface area contributed by atoms with Crippen LogP contribution in [0.25, 0.3) is 11.0 Å². The van der Waals surface area contributed by atoms with E-state index in [9.17, 15) is 4.79 Å². The molecule has 28 heavy (non-hydrogen) atoms. The normalized spacial score (nSPS) is 10.6. The van der Waals surface area contributed by atoms with Crippen molar-refractivity contribution < 1.29 is 19.1 Å². The number of amides is 1. The van der Waals surface area contributed by atoms with Gasteiger partial charge in [0.2, 0.25) is 0 Å². The van der Waals surface area contributed by atoms with Crippen molar-refractivity contribution in [2.45, 2.75) is 20.3 Å². The Morgan fingerprint density at radius 1 is 1.07 bits per heavy atom. The molecule has 1 amide bonds. The maximum absolute atomic E-state index is 12.0. The summed E-state index contributed by atoms with van der Waals surface area (Å²) >= 11 is 0. The Kier molecular flexibility index (Phi) is 6.67. The van der Waals surface area contributed by atoms with E-state index in [1.807, 2.05) is 56.3 Å². The molecule has 0 saturated carbocycles. The zero-order chi connectivity index (χ0) is 19.8. The van der Waals surface area contributed by atoms with Gasteiger partial charge in [0.25, 0.3) is 5.91 Å². The molecule has 0 spiro atoms. The van der Waals surface area contributed by atoms with Crippen molar-refractivity contribution in [1.29, 1.82) is 0 Å². The van der Waals surface area contributed by atoms with E-state index in [-0.39, 0.29) is 12.5 Å². The molecule has 8 heteroatoms. The molecule has 148 valence electrons. The van der Waals surface area contributed by atoms with Crippen LogP contribution in [0, 0.1) is 0 Å². The van der Waals surface area contributed by atoms with Gasteiger partial charge in [-0.3, -0.25) is 4.79 Å². The summed E-state index contributed by atoms with van der Waals surface area (Å²) < 4.78 is 11.2. The molecule has 3 rings (SSSR count). The summed E-state index contributed by atoms with van der Waals surface area (Å²) in [6, 6.07) is 13.2. The van der Waals surface area contributed by atoms with Crippen molar-refractivity contribution in [3.05, 3.63) is 48.0 Å². The molecular weight excluding hydrogens is 360 g/mol. The highest BCUT2D eigenvalue weighted by molar-refractivity contribution is 5.77. The average Bonchev–Trinajstić information content (AvgIpc) is 3.12. The summed E-state index contributed by atoms with van der Waals surface area (Å²) in [5, 5.41) is 10.7. The second kappa shape index (κ2) is 9.59. The van der Waals surface area contributed by atoms with Crippen LogP contribution in [-0.2, 0) is 11.2 Å². The predicted octanol–water partition coefficient (Wildman–Crippen LogP) is 2.02. The number of aromatic nitrogens is 3. The maximum atomic E-state index is 12.0. The second-order valence-corrected chi connectivity index (χ2v) is 5.97. The number of rotatable bonds is 10. The molecule has 2 aromatic carbocycles. The van der Waals surface area contributed by atoms with E-state index in [4.69, 9.17) is 14.3 Å². The smallest absolute Gasteiger partial charge is 0.260 e. The first-order valence-corrected chi connectivity index (χ1v) is 9.30. The fraction of sp³-hybridized carbons (Fsp3) is 0.350. The molecule has 0 bridgehead atoms. The minimum Gasteiger partial charge on any atom is -0.490 e. The number of carbonyl (C=O) groups is 1. The minimum absolute atomic E-state index is 0.138. The van der Waals surface area contributed by atoms with Crippen LogP contribution in [-0.4, -0.2) is 47.4 Å². The van der Waals surface area contributed by atoms with Gasteiger partial charge in [-0.2, -0.15) is 0 Å². The molecule has 0 atom stereocenters. The Hall–Kier alpha value is -3.29. The molecule has 0 radical (unpaired) electrons. The Balaban J connectivity index is 1.48. The first-order valence-electron chi connectivity index (χ1n) is 9.30. The quantitative estimate of drug-likeness (QED) is 0.575. The van der Waals surface area contributed by atoms with Gasteiger partial charge in [-0.1, -0.05) is 23.0 Å². The van der Waals surface area contributed by atoms with Crippen LogP contribution >= 0.6 is 0 Å². The van der Waals surface area contributed by atoms with Crippen LogP contribution in [0.4, 0.5) is 0 Å². The van der Waals surface area contributed by atoms with Gasteiger partial charge in [-0.05, 0) is 55.3 Å². The molecule has 0 aliphatic carbocycles. The van der Waals surface area contributed by atoms with Crippen molar-refractivity contribution in [3.63, 3.8) is 0 Å². The number of carbonyl (C=O) groups excluding carboxylic acids is 1. The molecular formula is C20H24N4O4. The average molecular weight is 384 g/mol. The van der Waals surface area contributed by atoms with E-state index in [2.05, 4.69) is 15.6 Å². The summed E-state index contributed by atoms with van der Waals surface area (Å²) in [6.45, 7) is 5.36. The lowest BCUT2D eigenvalue weighted by molar-refractivity contribution is -0.126. The number of hydrogen-bond acceptors (Lipinski definition) is 6. The van der Waals surface area contributed by atoms with Gasteiger partial charge < -0.3 is 19.6 Å². The molecule has 3 aromatic rings. The van der Waals surface area contributed by atoms with Crippen molar-refractivity contribution in [2.75, 3.05) is 26.4 Å². The van der Waals surface area contributed by atoms with E-state index < -0.39 is 0 Å². The van der Waals surface area contributed by atoms with Crippen LogP contribution in [0.15, 0.2) is 42.5 Å². The zero-order valence-corrected chi connectivity index (χ0v) is 16.1. The largest absolute Gasteiger partial charge is 0.490 e. The lowest BCUT2D eigenvalue weighted by Crippen LogP contribution is -2.33. The second-order valence-electron chi connectivity index (χ2n) is 5.97. The van der Waals surface area contributed by atoms with Crippen LogP contribution in [0.1, 0.15) is 19.4 Å². The summed E-state index contributed by atoms with van der Waals surface area (Å²) in [4.78, 5) is 18.7. The standard InChI is InChI=1S/C20H24N4O4/c1-3-26-18-10-9-15(13-19(18)27-4-2)11-12-21-20(25)14-28-24-17-8-6-5-7-16(17)22-23-24/h5-10,13H,3-4,11-12,14H2,1-2H3,(H,21,25). The fourth-order valence-electron chi connectivity index (χ4n) is 2.71. The topological polar surface area (TPSA) is 87.5 Å². The molecule has 1 heterocycles. The van der Waals surface area contributed by atoms with Gasteiger partial charge in [0, 0.05) is 6.54 Å². The Morgan fingerprint density at radius 2 is 1.86 bits per heavy atom. The first kappa shape index (κ1) is 19.5. The van der Waals surface area contributed by atoms with Gasteiger partial charge in [0.1, 0.15) is 11.0 Å². The molecule has 0 aliphatic heterocycles. The van der Waals surface area contributed by atoms with Crippen LogP contribution in [0.2, 0.25) is 0 Å². The number of para-hydroxylation sites is 1. The molecule has 0 aliphatic rings. The predicted molar refractivity (Wildman–Crippen MR) is 104 cm³/mol. The molecule has 8 nitrogen and oxygen atoms in total. The van der Waals surface area contributed by atoms with Crippen molar-refractivity contribution in [1.82, 2.24) is 20.5 Å². The fourth-order valence-corrected chi connectivity index (χ4v) is 2.71. The van der Waals surface area contributed by atoms with E-state index in [1.165, 1.54) is 4.85 Å². The van der Waals surface area contributed by atoms with Gasteiger partial charge in [0.15, 0.2) is 18.1 Å². The third kappa shape index (κ3) is 4.91. The lowest BCUT2D eigenvalue weighted by atomic mass is 10.1. The Morgan fingerprint density at radius 3 is 2.68 bits per heavy atom. The maximum Gasteiger partial charge on any atom is 0.260 e. The number of ether oxygens (including phenoxy) is 2. The number of benzene rings is 2. The molecule has 0 saturated heterocycles. The van der Waals surface area contributed by atoms with Crippen LogP contribution in [0.5, 0.6) is 11.5 Å². The van der Waals surface area contributed by atoms with Crippen LogP contribution < -0.4 is 19.6 Å². The van der Waals surface area contributed by atoms with Gasteiger partial charge in [-0.15, -0.1) is 5.10 Å². The number of fused-ring (bicyclic) bond motifs is 1. The van der Waals surface area contributed by atoms with E-state index in [0.29, 0.717) is 37.2 Å². The van der Waals surface area contributed by atoms with Crippen LogP contribution in [0.3, 0.4) is 0 Å². The Bertz CT molecular complexity index is 925.